The Labute approximate surface area is 166 Å². The van der Waals surface area contributed by atoms with Crippen molar-refractivity contribution >= 4 is 40.7 Å². The van der Waals surface area contributed by atoms with Crippen LogP contribution >= 0.6 is 23.1 Å². The average Bonchev–Trinajstić information content (AvgIpc) is 3.09. The van der Waals surface area contributed by atoms with Crippen molar-refractivity contribution in [3.05, 3.63) is 35.2 Å². The Bertz CT molecular complexity index is 828. The fraction of sp³-hybridized carbons (Fsp3) is 0.421. The minimum Gasteiger partial charge on any atom is -0.348 e. The van der Waals surface area contributed by atoms with Gasteiger partial charge in [-0.15, -0.1) is 11.3 Å². The minimum atomic E-state index is -0.129. The van der Waals surface area contributed by atoms with E-state index in [-0.39, 0.29) is 17.9 Å². The third kappa shape index (κ3) is 4.51. The van der Waals surface area contributed by atoms with Crippen LogP contribution in [0.4, 0.5) is 5.82 Å². The summed E-state index contributed by atoms with van der Waals surface area (Å²) in [7, 11) is 0. The zero-order valence-electron chi connectivity index (χ0n) is 15.1. The lowest BCUT2D eigenvalue weighted by Crippen LogP contribution is -2.57. The predicted molar refractivity (Wildman–Crippen MR) is 107 cm³/mol. The van der Waals surface area contributed by atoms with Crippen LogP contribution in [0.2, 0.25) is 0 Å². The second-order valence-electron chi connectivity index (χ2n) is 7.02. The SMILES string of the molecule is CC(=O)Nc1csc(Sc2ccc(C(=O)NC3CN4CCC3CC4)cc2)n1. The van der Waals surface area contributed by atoms with Crippen LogP contribution in [0.1, 0.15) is 30.1 Å². The van der Waals surface area contributed by atoms with E-state index < -0.39 is 0 Å². The molecular formula is C19H22N4O2S2. The molecule has 3 aliphatic heterocycles. The third-order valence-corrected chi connectivity index (χ3v) is 7.03. The molecule has 2 aromatic rings. The number of hydrogen-bond acceptors (Lipinski definition) is 6. The number of carbonyl (C=O) groups is 2. The Balaban J connectivity index is 1.35. The maximum Gasteiger partial charge on any atom is 0.251 e. The Morgan fingerprint density at radius 2 is 1.96 bits per heavy atom. The van der Waals surface area contributed by atoms with Gasteiger partial charge in [0.2, 0.25) is 5.91 Å². The zero-order chi connectivity index (χ0) is 18.8. The van der Waals surface area contributed by atoms with E-state index in [1.807, 2.05) is 29.6 Å². The molecule has 3 saturated heterocycles. The molecule has 2 N–H and O–H groups in total. The van der Waals surface area contributed by atoms with Crippen molar-refractivity contribution in [3.63, 3.8) is 0 Å². The monoisotopic (exact) mass is 402 g/mol. The van der Waals surface area contributed by atoms with Gasteiger partial charge in [0, 0.05) is 35.3 Å². The highest BCUT2D eigenvalue weighted by Gasteiger charge is 2.34. The molecule has 1 unspecified atom stereocenters. The second-order valence-corrected chi connectivity index (χ2v) is 9.20. The standard InChI is InChI=1S/C19H22N4O2S2/c1-12(24)20-17-11-26-19(22-17)27-15-4-2-14(3-5-15)18(25)21-16-10-23-8-6-13(16)7-9-23/h2-5,11,13,16H,6-10H2,1H3,(H,20,24)(H,21,25). The Kier molecular flexibility index (Phi) is 5.47. The van der Waals surface area contributed by atoms with Gasteiger partial charge in [0.25, 0.3) is 5.91 Å². The van der Waals surface area contributed by atoms with Crippen molar-refractivity contribution in [2.75, 3.05) is 25.0 Å². The quantitative estimate of drug-likeness (QED) is 0.804. The molecule has 0 radical (unpaired) electrons. The van der Waals surface area contributed by atoms with E-state index in [0.717, 1.165) is 15.8 Å². The summed E-state index contributed by atoms with van der Waals surface area (Å²) in [6.07, 6.45) is 2.38. The minimum absolute atomic E-state index is 0.00694. The molecule has 27 heavy (non-hydrogen) atoms. The molecule has 0 spiro atoms. The molecule has 6 nitrogen and oxygen atoms in total. The lowest BCUT2D eigenvalue weighted by atomic mass is 9.84. The molecule has 2 bridgehead atoms. The lowest BCUT2D eigenvalue weighted by molar-refractivity contribution is -0.114. The van der Waals surface area contributed by atoms with E-state index in [0.29, 0.717) is 17.3 Å². The van der Waals surface area contributed by atoms with Crippen LogP contribution in [0.5, 0.6) is 0 Å². The van der Waals surface area contributed by atoms with Gasteiger partial charge in [0.1, 0.15) is 5.82 Å². The van der Waals surface area contributed by atoms with Gasteiger partial charge in [-0.1, -0.05) is 11.8 Å². The van der Waals surface area contributed by atoms with Gasteiger partial charge in [0.05, 0.1) is 0 Å². The van der Waals surface area contributed by atoms with Crippen LogP contribution in [0.25, 0.3) is 0 Å². The first-order valence-corrected chi connectivity index (χ1v) is 10.8. The number of piperidine rings is 3. The Morgan fingerprint density at radius 1 is 1.22 bits per heavy atom. The van der Waals surface area contributed by atoms with Crippen molar-refractivity contribution in [2.45, 2.75) is 35.0 Å². The molecule has 142 valence electrons. The van der Waals surface area contributed by atoms with Gasteiger partial charge in [0.15, 0.2) is 4.34 Å². The van der Waals surface area contributed by atoms with Gasteiger partial charge in [-0.2, -0.15) is 0 Å². The van der Waals surface area contributed by atoms with Crippen molar-refractivity contribution in [1.29, 1.82) is 0 Å². The molecule has 3 fully saturated rings. The molecule has 0 saturated carbocycles. The average molecular weight is 403 g/mol. The summed E-state index contributed by atoms with van der Waals surface area (Å²) < 4.78 is 0.850. The number of amides is 2. The molecular weight excluding hydrogens is 380 g/mol. The Morgan fingerprint density at radius 3 is 2.59 bits per heavy atom. The fourth-order valence-electron chi connectivity index (χ4n) is 3.70. The Hall–Kier alpha value is -1.90. The van der Waals surface area contributed by atoms with Gasteiger partial charge >= 0.3 is 0 Å². The first kappa shape index (κ1) is 18.5. The number of fused-ring (bicyclic) bond motifs is 3. The van der Waals surface area contributed by atoms with E-state index in [9.17, 15) is 9.59 Å². The molecule has 1 atom stereocenters. The van der Waals surface area contributed by atoms with E-state index in [1.54, 1.807) is 0 Å². The number of nitrogens with one attached hydrogen (secondary N) is 2. The topological polar surface area (TPSA) is 74.3 Å². The summed E-state index contributed by atoms with van der Waals surface area (Å²) in [6.45, 7) is 4.78. The van der Waals surface area contributed by atoms with Crippen LogP contribution in [0.3, 0.4) is 0 Å². The summed E-state index contributed by atoms with van der Waals surface area (Å²) in [5, 5.41) is 7.71. The van der Waals surface area contributed by atoms with Crippen LogP contribution in [0.15, 0.2) is 38.9 Å². The first-order chi connectivity index (χ1) is 13.1. The maximum atomic E-state index is 12.6. The maximum absolute atomic E-state index is 12.6. The summed E-state index contributed by atoms with van der Waals surface area (Å²) in [4.78, 5) is 31.5. The fourth-order valence-corrected chi connectivity index (χ4v) is 5.42. The van der Waals surface area contributed by atoms with Crippen LogP contribution < -0.4 is 10.6 Å². The number of benzene rings is 1. The highest BCUT2D eigenvalue weighted by Crippen LogP contribution is 2.32. The molecule has 5 rings (SSSR count). The highest BCUT2D eigenvalue weighted by atomic mass is 32.2. The number of aromatic nitrogens is 1. The van der Waals surface area contributed by atoms with Crippen LogP contribution in [-0.4, -0.2) is 47.4 Å². The molecule has 1 aromatic heterocycles. The van der Waals surface area contributed by atoms with E-state index in [2.05, 4.69) is 20.5 Å². The van der Waals surface area contributed by atoms with Crippen molar-refractivity contribution < 1.29 is 9.59 Å². The first-order valence-electron chi connectivity index (χ1n) is 9.11. The lowest BCUT2D eigenvalue weighted by Gasteiger charge is -2.44. The number of thiazole rings is 1. The normalized spacial score (nSPS) is 23.8. The van der Waals surface area contributed by atoms with Gasteiger partial charge < -0.3 is 15.5 Å². The number of anilines is 1. The largest absolute Gasteiger partial charge is 0.348 e. The van der Waals surface area contributed by atoms with E-state index in [1.165, 1.54) is 56.0 Å². The van der Waals surface area contributed by atoms with Gasteiger partial charge in [-0.05, 0) is 56.1 Å². The molecule has 1 aromatic carbocycles. The summed E-state index contributed by atoms with van der Waals surface area (Å²) in [5.41, 5.74) is 0.689. The number of carbonyl (C=O) groups excluding carboxylic acids is 2. The third-order valence-electron chi connectivity index (χ3n) is 5.08. The summed E-state index contributed by atoms with van der Waals surface area (Å²) >= 11 is 3.00. The summed E-state index contributed by atoms with van der Waals surface area (Å²) in [6, 6.07) is 7.88. The van der Waals surface area contributed by atoms with E-state index >= 15 is 0 Å². The van der Waals surface area contributed by atoms with Gasteiger partial charge in [-0.25, -0.2) is 4.98 Å². The molecule has 4 heterocycles. The molecule has 8 heteroatoms. The van der Waals surface area contributed by atoms with Crippen LogP contribution in [0, 0.1) is 5.92 Å². The molecule has 2 amide bonds. The van der Waals surface area contributed by atoms with E-state index in [4.69, 9.17) is 0 Å². The summed E-state index contributed by atoms with van der Waals surface area (Å²) in [5.74, 6) is 1.07. The van der Waals surface area contributed by atoms with Crippen LogP contribution in [-0.2, 0) is 4.79 Å². The molecule has 0 aliphatic carbocycles. The zero-order valence-corrected chi connectivity index (χ0v) is 16.7. The highest BCUT2D eigenvalue weighted by molar-refractivity contribution is 8.01. The van der Waals surface area contributed by atoms with Gasteiger partial charge in [-0.3, -0.25) is 9.59 Å². The molecule has 3 aliphatic rings. The second kappa shape index (κ2) is 8.00. The van der Waals surface area contributed by atoms with Crippen molar-refractivity contribution in [2.24, 2.45) is 5.92 Å². The predicted octanol–water partition coefficient (Wildman–Crippen LogP) is 3.08. The number of rotatable bonds is 5. The number of hydrogen-bond donors (Lipinski definition) is 2. The van der Waals surface area contributed by atoms with Crippen molar-refractivity contribution in [1.82, 2.24) is 15.2 Å². The number of nitrogens with zero attached hydrogens (tertiary/aromatic N) is 2. The van der Waals surface area contributed by atoms with Crippen molar-refractivity contribution in [3.8, 4) is 0 Å². The smallest absolute Gasteiger partial charge is 0.251 e.